The van der Waals surface area contributed by atoms with Gasteiger partial charge < -0.3 is 15.0 Å². The summed E-state index contributed by atoms with van der Waals surface area (Å²) in [6.45, 7) is 4.00. The van der Waals surface area contributed by atoms with Crippen LogP contribution in [0.15, 0.2) is 24.3 Å². The molecule has 2 aromatic rings. The van der Waals surface area contributed by atoms with Gasteiger partial charge in [0.25, 0.3) is 5.91 Å². The Kier molecular flexibility index (Phi) is 5.65. The Hall–Kier alpha value is -1.99. The molecule has 1 aromatic carbocycles. The number of carbonyl (C=O) groups is 1. The van der Waals surface area contributed by atoms with Gasteiger partial charge in [-0.15, -0.1) is 11.3 Å². The maximum atomic E-state index is 12.9. The van der Waals surface area contributed by atoms with Gasteiger partial charge in [-0.25, -0.2) is 9.37 Å². The molecular formula is C18H22FN3O2S. The van der Waals surface area contributed by atoms with E-state index in [1.165, 1.54) is 23.5 Å². The summed E-state index contributed by atoms with van der Waals surface area (Å²) in [5.74, 6) is 0.301. The highest BCUT2D eigenvalue weighted by Crippen LogP contribution is 2.23. The molecule has 25 heavy (non-hydrogen) atoms. The van der Waals surface area contributed by atoms with Crippen LogP contribution < -0.4 is 10.1 Å². The zero-order valence-corrected chi connectivity index (χ0v) is 15.2. The lowest BCUT2D eigenvalue weighted by Gasteiger charge is -2.31. The summed E-state index contributed by atoms with van der Waals surface area (Å²) in [6.07, 6.45) is 1.95. The van der Waals surface area contributed by atoms with E-state index in [0.717, 1.165) is 36.6 Å². The van der Waals surface area contributed by atoms with Crippen LogP contribution >= 0.6 is 11.3 Å². The van der Waals surface area contributed by atoms with Crippen LogP contribution in [0.4, 0.5) is 4.39 Å². The van der Waals surface area contributed by atoms with Crippen LogP contribution in [0.1, 0.15) is 33.2 Å². The van der Waals surface area contributed by atoms with E-state index in [-0.39, 0.29) is 24.4 Å². The van der Waals surface area contributed by atoms with Crippen molar-refractivity contribution in [1.82, 2.24) is 15.2 Å². The number of rotatable bonds is 5. The molecule has 3 rings (SSSR count). The molecule has 1 saturated heterocycles. The van der Waals surface area contributed by atoms with Crippen molar-refractivity contribution in [2.45, 2.75) is 32.4 Å². The monoisotopic (exact) mass is 363 g/mol. The smallest absolute Gasteiger partial charge is 0.265 e. The summed E-state index contributed by atoms with van der Waals surface area (Å²) in [5, 5.41) is 4.05. The number of ether oxygens (including phenoxy) is 1. The molecule has 1 fully saturated rings. The first-order valence-electron chi connectivity index (χ1n) is 8.37. The number of hydrogen-bond donors (Lipinski definition) is 1. The lowest BCUT2D eigenvalue weighted by Crippen LogP contribution is -2.43. The Bertz CT molecular complexity index is 726. The molecule has 0 spiro atoms. The van der Waals surface area contributed by atoms with E-state index < -0.39 is 0 Å². The van der Waals surface area contributed by atoms with E-state index in [1.807, 2.05) is 18.9 Å². The van der Waals surface area contributed by atoms with Crippen LogP contribution in [0.25, 0.3) is 0 Å². The maximum absolute atomic E-state index is 12.9. The zero-order chi connectivity index (χ0) is 17.8. The quantitative estimate of drug-likeness (QED) is 0.887. The molecule has 0 atom stereocenters. The Morgan fingerprint density at radius 2 is 2.04 bits per heavy atom. The third kappa shape index (κ3) is 4.35. The number of piperidine rings is 1. The number of nitrogens with zero attached hydrogens (tertiary/aromatic N) is 2. The van der Waals surface area contributed by atoms with Gasteiger partial charge in [0, 0.05) is 13.1 Å². The molecule has 0 saturated carbocycles. The molecule has 1 aliphatic heterocycles. The first-order chi connectivity index (χ1) is 12.0. The van der Waals surface area contributed by atoms with Gasteiger partial charge in [0.05, 0.1) is 5.69 Å². The lowest BCUT2D eigenvalue weighted by atomic mass is 10.1. The molecule has 1 amide bonds. The summed E-state index contributed by atoms with van der Waals surface area (Å²) in [6, 6.07) is 6.13. The van der Waals surface area contributed by atoms with Crippen LogP contribution in [0.5, 0.6) is 5.75 Å². The first-order valence-corrected chi connectivity index (χ1v) is 9.19. The third-order valence-corrected chi connectivity index (χ3v) is 5.51. The summed E-state index contributed by atoms with van der Waals surface area (Å²) in [5.41, 5.74) is 0.730. The van der Waals surface area contributed by atoms with Crippen molar-refractivity contribution >= 4 is 17.2 Å². The number of hydrogen-bond acceptors (Lipinski definition) is 5. The van der Waals surface area contributed by atoms with Crippen LogP contribution in [0.2, 0.25) is 0 Å². The normalized spacial score (nSPS) is 15.2. The highest BCUT2D eigenvalue weighted by Gasteiger charge is 2.26. The largest absolute Gasteiger partial charge is 0.486 e. The highest BCUT2D eigenvalue weighted by molar-refractivity contribution is 7.13. The molecule has 0 aliphatic carbocycles. The standard InChI is InChI=1S/C18H22FN3O2S/c1-12-17(18(23)22(2)14-7-9-20-10-8-14)25-16(21-12)11-24-15-5-3-13(19)4-6-15/h3-6,14,20H,7-11H2,1-2H3. The van der Waals surface area contributed by atoms with E-state index in [0.29, 0.717) is 10.6 Å². The Labute approximate surface area is 150 Å². The van der Waals surface area contributed by atoms with Crippen LogP contribution in [0.3, 0.4) is 0 Å². The molecule has 0 radical (unpaired) electrons. The second-order valence-electron chi connectivity index (χ2n) is 6.16. The minimum atomic E-state index is -0.300. The number of carbonyl (C=O) groups excluding carboxylic acids is 1. The summed E-state index contributed by atoms with van der Waals surface area (Å²) in [7, 11) is 1.87. The maximum Gasteiger partial charge on any atom is 0.265 e. The molecule has 134 valence electrons. The van der Waals surface area contributed by atoms with Crippen molar-refractivity contribution in [1.29, 1.82) is 0 Å². The fourth-order valence-corrected chi connectivity index (χ4v) is 3.87. The molecule has 0 bridgehead atoms. The summed E-state index contributed by atoms with van der Waals surface area (Å²) in [4.78, 5) is 19.7. The van der Waals surface area contributed by atoms with Crippen molar-refractivity contribution in [3.63, 3.8) is 0 Å². The number of aryl methyl sites for hydroxylation is 1. The topological polar surface area (TPSA) is 54.5 Å². The zero-order valence-electron chi connectivity index (χ0n) is 14.4. The van der Waals surface area contributed by atoms with Gasteiger partial charge in [0.1, 0.15) is 28.1 Å². The van der Waals surface area contributed by atoms with Crippen molar-refractivity contribution in [2.75, 3.05) is 20.1 Å². The second-order valence-corrected chi connectivity index (χ2v) is 7.25. The second kappa shape index (κ2) is 7.93. The van der Waals surface area contributed by atoms with Crippen molar-refractivity contribution in [3.05, 3.63) is 45.7 Å². The van der Waals surface area contributed by atoms with E-state index in [9.17, 15) is 9.18 Å². The Morgan fingerprint density at radius 3 is 2.72 bits per heavy atom. The van der Waals surface area contributed by atoms with Crippen LogP contribution in [-0.4, -0.2) is 42.0 Å². The van der Waals surface area contributed by atoms with E-state index in [1.54, 1.807) is 12.1 Å². The fourth-order valence-electron chi connectivity index (χ4n) is 2.91. The summed E-state index contributed by atoms with van der Waals surface area (Å²) < 4.78 is 18.5. The molecule has 7 heteroatoms. The van der Waals surface area contributed by atoms with Crippen molar-refractivity contribution in [2.24, 2.45) is 0 Å². The van der Waals surface area contributed by atoms with Crippen LogP contribution in [-0.2, 0) is 6.61 Å². The third-order valence-electron chi connectivity index (χ3n) is 4.39. The Morgan fingerprint density at radius 1 is 1.36 bits per heavy atom. The first kappa shape index (κ1) is 17.8. The van der Waals surface area contributed by atoms with Gasteiger partial charge >= 0.3 is 0 Å². The number of halogens is 1. The van der Waals surface area contributed by atoms with E-state index in [4.69, 9.17) is 4.74 Å². The molecule has 1 N–H and O–H groups in total. The predicted octanol–water partition coefficient (Wildman–Crippen LogP) is 2.99. The Balaban J connectivity index is 1.64. The predicted molar refractivity (Wildman–Crippen MR) is 95.6 cm³/mol. The molecule has 1 aliphatic rings. The van der Waals surface area contributed by atoms with Gasteiger partial charge in [0.2, 0.25) is 0 Å². The fraction of sp³-hybridized carbons (Fsp3) is 0.444. The SMILES string of the molecule is Cc1nc(COc2ccc(F)cc2)sc1C(=O)N(C)C1CCNCC1. The molecule has 2 heterocycles. The number of amides is 1. The van der Waals surface area contributed by atoms with Crippen molar-refractivity contribution < 1.29 is 13.9 Å². The number of aromatic nitrogens is 1. The molecule has 1 aromatic heterocycles. The average Bonchev–Trinajstić information content (AvgIpc) is 3.01. The minimum Gasteiger partial charge on any atom is -0.486 e. The van der Waals surface area contributed by atoms with Gasteiger partial charge in [0.15, 0.2) is 0 Å². The molecular weight excluding hydrogens is 341 g/mol. The van der Waals surface area contributed by atoms with Gasteiger partial charge in [-0.1, -0.05) is 0 Å². The van der Waals surface area contributed by atoms with Gasteiger partial charge in [-0.3, -0.25) is 4.79 Å². The molecule has 0 unspecified atom stereocenters. The molecule has 5 nitrogen and oxygen atoms in total. The minimum absolute atomic E-state index is 0.0231. The highest BCUT2D eigenvalue weighted by atomic mass is 32.1. The summed E-state index contributed by atoms with van der Waals surface area (Å²) >= 11 is 1.37. The van der Waals surface area contributed by atoms with E-state index in [2.05, 4.69) is 10.3 Å². The number of nitrogens with one attached hydrogen (secondary N) is 1. The van der Waals surface area contributed by atoms with Gasteiger partial charge in [-0.05, 0) is 57.1 Å². The average molecular weight is 363 g/mol. The van der Waals surface area contributed by atoms with Gasteiger partial charge in [-0.2, -0.15) is 0 Å². The number of thiazole rings is 1. The van der Waals surface area contributed by atoms with Crippen LogP contribution in [0, 0.1) is 12.7 Å². The number of benzene rings is 1. The van der Waals surface area contributed by atoms with Crippen molar-refractivity contribution in [3.8, 4) is 5.75 Å². The van der Waals surface area contributed by atoms with E-state index >= 15 is 0 Å². The lowest BCUT2D eigenvalue weighted by molar-refractivity contribution is 0.0707.